The van der Waals surface area contributed by atoms with E-state index in [-0.39, 0.29) is 0 Å². The molecule has 0 saturated carbocycles. The van der Waals surface area contributed by atoms with Crippen molar-refractivity contribution >= 4 is 0 Å². The van der Waals surface area contributed by atoms with Crippen molar-refractivity contribution in [2.45, 2.75) is 44.7 Å². The topological polar surface area (TPSA) is 36.1 Å². The third-order valence-electron chi connectivity index (χ3n) is 5.91. The van der Waals surface area contributed by atoms with Gasteiger partial charge in [-0.3, -0.25) is 0 Å². The summed E-state index contributed by atoms with van der Waals surface area (Å²) in [5.74, 6) is 0. The van der Waals surface area contributed by atoms with Crippen LogP contribution in [0.3, 0.4) is 0 Å². The fourth-order valence-electron chi connectivity index (χ4n) is 4.25. The van der Waals surface area contributed by atoms with Crippen molar-refractivity contribution in [3.63, 3.8) is 0 Å². The van der Waals surface area contributed by atoms with Gasteiger partial charge in [0, 0.05) is 25.2 Å². The van der Waals surface area contributed by atoms with Gasteiger partial charge in [0.2, 0.25) is 0 Å². The molecule has 3 nitrogen and oxygen atoms in total. The lowest BCUT2D eigenvalue weighted by Gasteiger charge is -2.24. The molecule has 0 aliphatic heterocycles. The van der Waals surface area contributed by atoms with E-state index in [1.807, 2.05) is 7.05 Å². The Balaban J connectivity index is 1.53. The summed E-state index contributed by atoms with van der Waals surface area (Å²) in [6, 6.07) is 31.3. The Bertz CT molecular complexity index is 879. The normalized spacial score (nSPS) is 13.1. The Hall–Kier alpha value is -2.46. The van der Waals surface area contributed by atoms with Gasteiger partial charge in [0.25, 0.3) is 0 Å². The van der Waals surface area contributed by atoms with Crippen LogP contribution in [0.2, 0.25) is 0 Å². The van der Waals surface area contributed by atoms with E-state index in [0.717, 1.165) is 45.3 Å². The van der Waals surface area contributed by atoms with Gasteiger partial charge >= 0.3 is 0 Å². The van der Waals surface area contributed by atoms with Crippen LogP contribution in [-0.2, 0) is 19.3 Å². The number of nitrogens with one attached hydrogen (secondary N) is 3. The quantitative estimate of drug-likeness (QED) is 0.329. The third-order valence-corrected chi connectivity index (χ3v) is 5.91. The number of rotatable bonds is 14. The van der Waals surface area contributed by atoms with Crippen LogP contribution < -0.4 is 16.0 Å². The summed E-state index contributed by atoms with van der Waals surface area (Å²) < 4.78 is 0. The van der Waals surface area contributed by atoms with Crippen LogP contribution in [0.15, 0.2) is 84.9 Å². The fraction of sp³-hybridized carbons (Fsp3) is 0.379. The minimum atomic E-state index is 0.407. The molecule has 2 atom stereocenters. The Morgan fingerprint density at radius 1 is 0.656 bits per heavy atom. The van der Waals surface area contributed by atoms with Crippen LogP contribution in [-0.4, -0.2) is 38.8 Å². The first-order valence-corrected chi connectivity index (χ1v) is 12.0. The van der Waals surface area contributed by atoms with Crippen molar-refractivity contribution in [1.82, 2.24) is 16.0 Å². The molecule has 0 saturated heterocycles. The van der Waals surface area contributed by atoms with Gasteiger partial charge in [0.1, 0.15) is 0 Å². The highest BCUT2D eigenvalue weighted by molar-refractivity contribution is 5.22. The zero-order valence-electron chi connectivity index (χ0n) is 19.7. The summed E-state index contributed by atoms with van der Waals surface area (Å²) >= 11 is 0. The number of benzene rings is 3. The molecule has 0 aliphatic carbocycles. The van der Waals surface area contributed by atoms with E-state index < -0.39 is 0 Å². The van der Waals surface area contributed by atoms with E-state index in [9.17, 15) is 0 Å². The van der Waals surface area contributed by atoms with Crippen LogP contribution in [0.5, 0.6) is 0 Å². The SMILES string of the molecule is CNC[C@H](Cc1ccccc1)NC[C@H](Cc1ccccc1)NCCCc1cccc(C)c1. The first kappa shape index (κ1) is 24.2. The molecule has 0 spiro atoms. The average molecular weight is 430 g/mol. The lowest BCUT2D eigenvalue weighted by molar-refractivity contribution is 0.415. The van der Waals surface area contributed by atoms with Gasteiger partial charge in [0.15, 0.2) is 0 Å². The maximum Gasteiger partial charge on any atom is 0.0233 e. The molecule has 0 radical (unpaired) electrons. The Kier molecular flexibility index (Phi) is 10.5. The molecule has 0 heterocycles. The minimum absolute atomic E-state index is 0.407. The lowest BCUT2D eigenvalue weighted by Crippen LogP contribution is -2.47. The first-order chi connectivity index (χ1) is 15.7. The van der Waals surface area contributed by atoms with Crippen LogP contribution in [0.4, 0.5) is 0 Å². The second-order valence-corrected chi connectivity index (χ2v) is 8.79. The van der Waals surface area contributed by atoms with Crippen molar-refractivity contribution in [1.29, 1.82) is 0 Å². The number of hydrogen-bond donors (Lipinski definition) is 3. The Labute approximate surface area is 194 Å². The predicted molar refractivity (Wildman–Crippen MR) is 137 cm³/mol. The first-order valence-electron chi connectivity index (χ1n) is 12.0. The van der Waals surface area contributed by atoms with Crippen molar-refractivity contribution in [3.8, 4) is 0 Å². The van der Waals surface area contributed by atoms with Crippen molar-refractivity contribution in [2.75, 3.05) is 26.7 Å². The third kappa shape index (κ3) is 8.96. The molecule has 3 rings (SSSR count). The second-order valence-electron chi connectivity index (χ2n) is 8.79. The lowest BCUT2D eigenvalue weighted by atomic mass is 10.0. The standard InChI is InChI=1S/C29H39N3/c1-24-11-9-16-25(19-24)17-10-18-31-29(21-27-14-7-4-8-15-27)23-32-28(22-30-2)20-26-12-5-3-6-13-26/h3-9,11-16,19,28-32H,10,17-18,20-23H2,1-2H3/t28-,29-/m0/s1. The Morgan fingerprint density at radius 2 is 1.25 bits per heavy atom. The zero-order valence-corrected chi connectivity index (χ0v) is 19.7. The maximum atomic E-state index is 3.83. The van der Waals surface area contributed by atoms with Gasteiger partial charge in [-0.15, -0.1) is 0 Å². The Morgan fingerprint density at radius 3 is 1.84 bits per heavy atom. The molecule has 0 unspecified atom stereocenters. The van der Waals surface area contributed by atoms with Crippen LogP contribution in [0.1, 0.15) is 28.7 Å². The largest absolute Gasteiger partial charge is 0.318 e. The molecule has 0 bridgehead atoms. The van der Waals surface area contributed by atoms with Gasteiger partial charge in [-0.25, -0.2) is 0 Å². The van der Waals surface area contributed by atoms with Crippen LogP contribution in [0, 0.1) is 6.92 Å². The molecule has 3 aromatic rings. The minimum Gasteiger partial charge on any atom is -0.318 e. The molecular weight excluding hydrogens is 390 g/mol. The number of likely N-dealkylation sites (N-methyl/N-ethyl adjacent to an activating group) is 1. The molecule has 3 N–H and O–H groups in total. The number of aryl methyl sites for hydroxylation is 2. The van der Waals surface area contributed by atoms with Gasteiger partial charge in [-0.2, -0.15) is 0 Å². The smallest absolute Gasteiger partial charge is 0.0233 e. The molecule has 3 aromatic carbocycles. The van der Waals surface area contributed by atoms with Gasteiger partial charge in [-0.05, 0) is 62.9 Å². The van der Waals surface area contributed by atoms with E-state index in [4.69, 9.17) is 0 Å². The monoisotopic (exact) mass is 429 g/mol. The highest BCUT2D eigenvalue weighted by Gasteiger charge is 2.14. The molecule has 3 heteroatoms. The van der Waals surface area contributed by atoms with Crippen molar-refractivity contribution < 1.29 is 0 Å². The van der Waals surface area contributed by atoms with E-state index in [2.05, 4.69) is 108 Å². The van der Waals surface area contributed by atoms with Crippen LogP contribution in [0.25, 0.3) is 0 Å². The maximum absolute atomic E-state index is 3.83. The summed E-state index contributed by atoms with van der Waals surface area (Å²) in [4.78, 5) is 0. The van der Waals surface area contributed by atoms with Gasteiger partial charge in [0.05, 0.1) is 0 Å². The summed E-state index contributed by atoms with van der Waals surface area (Å²) in [5, 5.41) is 11.0. The molecule has 0 amide bonds. The van der Waals surface area contributed by atoms with E-state index in [0.29, 0.717) is 12.1 Å². The van der Waals surface area contributed by atoms with E-state index in [1.54, 1.807) is 0 Å². The average Bonchev–Trinajstić information content (AvgIpc) is 2.81. The molecule has 0 aliphatic rings. The second kappa shape index (κ2) is 13.8. The molecule has 0 aromatic heterocycles. The molecular formula is C29H39N3. The summed E-state index contributed by atoms with van der Waals surface area (Å²) in [7, 11) is 2.03. The highest BCUT2D eigenvalue weighted by Crippen LogP contribution is 2.08. The van der Waals surface area contributed by atoms with E-state index >= 15 is 0 Å². The van der Waals surface area contributed by atoms with E-state index in [1.165, 1.54) is 22.3 Å². The zero-order chi connectivity index (χ0) is 22.4. The van der Waals surface area contributed by atoms with Crippen LogP contribution >= 0.6 is 0 Å². The van der Waals surface area contributed by atoms with Gasteiger partial charge in [-0.1, -0.05) is 90.5 Å². The number of hydrogen-bond acceptors (Lipinski definition) is 3. The van der Waals surface area contributed by atoms with Crippen molar-refractivity contribution in [3.05, 3.63) is 107 Å². The van der Waals surface area contributed by atoms with Crippen molar-refractivity contribution in [2.24, 2.45) is 0 Å². The molecule has 170 valence electrons. The summed E-state index contributed by atoms with van der Waals surface area (Å²) in [5.41, 5.74) is 5.54. The molecule has 32 heavy (non-hydrogen) atoms. The fourth-order valence-corrected chi connectivity index (χ4v) is 4.25. The summed E-state index contributed by atoms with van der Waals surface area (Å²) in [6.07, 6.45) is 4.35. The molecule has 0 fully saturated rings. The summed E-state index contributed by atoms with van der Waals surface area (Å²) in [6.45, 7) is 5.11. The predicted octanol–water partition coefficient (Wildman–Crippen LogP) is 4.55. The van der Waals surface area contributed by atoms with Gasteiger partial charge < -0.3 is 16.0 Å². The highest BCUT2D eigenvalue weighted by atomic mass is 15.0.